The van der Waals surface area contributed by atoms with Crippen LogP contribution in [0.4, 0.5) is 0 Å². The van der Waals surface area contributed by atoms with Crippen LogP contribution in [0.1, 0.15) is 348 Å². The lowest BCUT2D eigenvalue weighted by atomic mass is 10.0. The smallest absolute Gasteiger partial charge is 0.220 e. The highest BCUT2D eigenvalue weighted by Gasteiger charge is 2.18. The molecule has 2 unspecified atom stereocenters. The minimum Gasteiger partial charge on any atom is -0.394 e. The number of unbranched alkanes of at least 4 members (excludes halogenated alkanes) is 43. The van der Waals surface area contributed by atoms with Crippen molar-refractivity contribution in [2.24, 2.45) is 0 Å². The molecule has 0 aliphatic rings. The molecular formula is C72H131NO3. The number of aliphatic hydroxyl groups is 2. The van der Waals surface area contributed by atoms with E-state index in [9.17, 15) is 15.0 Å². The van der Waals surface area contributed by atoms with Crippen LogP contribution < -0.4 is 5.32 Å². The summed E-state index contributed by atoms with van der Waals surface area (Å²) in [6, 6.07) is -0.642. The van der Waals surface area contributed by atoms with Crippen LogP contribution >= 0.6 is 0 Å². The number of hydrogen-bond donors (Lipinski definition) is 3. The topological polar surface area (TPSA) is 69.6 Å². The van der Waals surface area contributed by atoms with Crippen molar-refractivity contribution in [2.75, 3.05) is 6.61 Å². The van der Waals surface area contributed by atoms with E-state index >= 15 is 0 Å². The van der Waals surface area contributed by atoms with Gasteiger partial charge in [-0.15, -0.1) is 0 Å². The zero-order chi connectivity index (χ0) is 54.8. The molecule has 4 heteroatoms. The first kappa shape index (κ1) is 73.6. The number of allylic oxidation sites excluding steroid dienone is 13. The van der Waals surface area contributed by atoms with Crippen LogP contribution in [0.2, 0.25) is 0 Å². The van der Waals surface area contributed by atoms with Crippen molar-refractivity contribution < 1.29 is 15.0 Å². The van der Waals surface area contributed by atoms with Gasteiger partial charge in [0.2, 0.25) is 5.91 Å². The van der Waals surface area contributed by atoms with Gasteiger partial charge in [-0.1, -0.05) is 349 Å². The fourth-order valence-electron chi connectivity index (χ4n) is 10.3. The fourth-order valence-corrected chi connectivity index (χ4v) is 10.3. The molecule has 0 aliphatic heterocycles. The number of rotatable bonds is 62. The predicted octanol–water partition coefficient (Wildman–Crippen LogP) is 23.0. The van der Waals surface area contributed by atoms with Crippen LogP contribution in [0.25, 0.3) is 0 Å². The summed E-state index contributed by atoms with van der Waals surface area (Å²) in [6.07, 6.45) is 98.0. The first-order valence-electron chi connectivity index (χ1n) is 33.8. The number of carbonyl (C=O) groups excluding carboxylic acids is 1. The normalized spacial score (nSPS) is 13.3. The highest BCUT2D eigenvalue weighted by atomic mass is 16.3. The molecule has 0 radical (unpaired) electrons. The van der Waals surface area contributed by atoms with Gasteiger partial charge in [0, 0.05) is 6.42 Å². The highest BCUT2D eigenvalue weighted by Crippen LogP contribution is 2.18. The maximum absolute atomic E-state index is 12.5. The zero-order valence-corrected chi connectivity index (χ0v) is 51.0. The SMILES string of the molecule is CC/C=C\C/C=C\C/C=C\C/C=C\C/C=C\CCCCCCCCCCCCCCCCCCCCCCCC(=O)NC(CO)C(O)/C=C/CC/C=C/CCCCCCCCCCCCCCCCCCCCCCC. The van der Waals surface area contributed by atoms with Crippen LogP contribution in [0.3, 0.4) is 0 Å². The number of hydrogen-bond acceptors (Lipinski definition) is 3. The Balaban J connectivity index is 3.47. The van der Waals surface area contributed by atoms with Gasteiger partial charge in [0.1, 0.15) is 0 Å². The molecule has 1 amide bonds. The van der Waals surface area contributed by atoms with Gasteiger partial charge in [-0.25, -0.2) is 0 Å². The molecule has 0 aromatic rings. The van der Waals surface area contributed by atoms with Crippen LogP contribution in [-0.4, -0.2) is 34.9 Å². The molecule has 2 atom stereocenters. The van der Waals surface area contributed by atoms with E-state index in [1.165, 1.54) is 263 Å². The van der Waals surface area contributed by atoms with E-state index in [0.717, 1.165) is 64.2 Å². The van der Waals surface area contributed by atoms with Crippen molar-refractivity contribution in [1.82, 2.24) is 5.32 Å². The Morgan fingerprint density at radius 2 is 0.592 bits per heavy atom. The highest BCUT2D eigenvalue weighted by molar-refractivity contribution is 5.76. The van der Waals surface area contributed by atoms with Crippen LogP contribution in [0, 0.1) is 0 Å². The van der Waals surface area contributed by atoms with Gasteiger partial charge in [-0.2, -0.15) is 0 Å². The zero-order valence-electron chi connectivity index (χ0n) is 51.0. The summed E-state index contributed by atoms with van der Waals surface area (Å²) in [6.45, 7) is 4.22. The number of amides is 1. The molecule has 0 aliphatic carbocycles. The summed E-state index contributed by atoms with van der Waals surface area (Å²) in [5.41, 5.74) is 0. The van der Waals surface area contributed by atoms with E-state index in [-0.39, 0.29) is 12.5 Å². The van der Waals surface area contributed by atoms with Gasteiger partial charge >= 0.3 is 0 Å². The van der Waals surface area contributed by atoms with E-state index in [0.29, 0.717) is 6.42 Å². The summed E-state index contributed by atoms with van der Waals surface area (Å²) in [4.78, 5) is 12.5. The summed E-state index contributed by atoms with van der Waals surface area (Å²) in [5, 5.41) is 23.3. The second-order valence-corrected chi connectivity index (χ2v) is 22.9. The standard InChI is InChI=1S/C72H131NO3/c1-3-5-7-9-11-13-15-17-19-21-23-25-27-29-31-32-33-34-35-36-37-38-39-40-42-44-46-48-50-52-54-56-58-60-62-64-66-68-72(76)73-70(69-74)71(75)67-65-63-61-59-57-55-53-51-49-47-45-43-41-30-28-26-24-22-20-18-16-14-12-10-8-6-4-2/h5,7,11,13,17,19,23,25,29,31,57,59,65,67,70-71,74-75H,3-4,6,8-10,12,14-16,18,20-22,24,26-28,30,32-56,58,60-64,66,68-69H2,1-2H3,(H,73,76)/b7-5-,13-11-,19-17-,25-23-,31-29-,59-57+,67-65+. The molecule has 0 spiro atoms. The predicted molar refractivity (Wildman–Crippen MR) is 340 cm³/mol. The first-order valence-corrected chi connectivity index (χ1v) is 33.8. The maximum Gasteiger partial charge on any atom is 0.220 e. The summed E-state index contributed by atoms with van der Waals surface area (Å²) in [7, 11) is 0. The number of carbonyl (C=O) groups is 1. The second-order valence-electron chi connectivity index (χ2n) is 22.9. The lowest BCUT2D eigenvalue weighted by Gasteiger charge is -2.19. The van der Waals surface area contributed by atoms with Crippen molar-refractivity contribution in [3.63, 3.8) is 0 Å². The minimum absolute atomic E-state index is 0.0693. The van der Waals surface area contributed by atoms with Gasteiger partial charge < -0.3 is 15.5 Å². The third-order valence-corrected chi connectivity index (χ3v) is 15.4. The summed E-state index contributed by atoms with van der Waals surface area (Å²) < 4.78 is 0. The van der Waals surface area contributed by atoms with Gasteiger partial charge in [-0.05, 0) is 77.0 Å². The Labute approximate surface area is 475 Å². The second kappa shape index (κ2) is 66.8. The molecule has 0 aromatic carbocycles. The van der Waals surface area contributed by atoms with Crippen molar-refractivity contribution >= 4 is 5.91 Å². The van der Waals surface area contributed by atoms with E-state index in [1.807, 2.05) is 6.08 Å². The molecule has 442 valence electrons. The summed E-state index contributed by atoms with van der Waals surface area (Å²) in [5.74, 6) is -0.0693. The fraction of sp³-hybridized carbons (Fsp3) is 0.792. The Hall–Kier alpha value is -2.43. The molecule has 0 saturated carbocycles. The average Bonchev–Trinajstić information content (AvgIpc) is 3.42. The molecule has 76 heavy (non-hydrogen) atoms. The molecule has 0 fully saturated rings. The molecule has 3 N–H and O–H groups in total. The largest absolute Gasteiger partial charge is 0.394 e. The molecule has 4 nitrogen and oxygen atoms in total. The van der Waals surface area contributed by atoms with E-state index < -0.39 is 12.1 Å². The molecule has 0 aromatic heterocycles. The van der Waals surface area contributed by atoms with Gasteiger partial charge in [-0.3, -0.25) is 4.79 Å². The van der Waals surface area contributed by atoms with Crippen molar-refractivity contribution in [3.8, 4) is 0 Å². The van der Waals surface area contributed by atoms with E-state index in [4.69, 9.17) is 0 Å². The molecule has 0 bridgehead atoms. The minimum atomic E-state index is -0.866. The molecular weight excluding hydrogens is 927 g/mol. The monoisotopic (exact) mass is 1060 g/mol. The Kier molecular flexibility index (Phi) is 64.7. The van der Waals surface area contributed by atoms with Crippen molar-refractivity contribution in [3.05, 3.63) is 85.1 Å². The quantitative estimate of drug-likeness (QED) is 0.0420. The lowest BCUT2D eigenvalue weighted by Crippen LogP contribution is -2.45. The third-order valence-electron chi connectivity index (χ3n) is 15.4. The first-order chi connectivity index (χ1) is 37.7. The number of nitrogens with one attached hydrogen (secondary N) is 1. The molecule has 0 rings (SSSR count). The van der Waals surface area contributed by atoms with Gasteiger partial charge in [0.25, 0.3) is 0 Å². The van der Waals surface area contributed by atoms with Crippen LogP contribution in [0.15, 0.2) is 85.1 Å². The van der Waals surface area contributed by atoms with E-state index in [2.05, 4.69) is 92.1 Å². The van der Waals surface area contributed by atoms with E-state index in [1.54, 1.807) is 6.08 Å². The van der Waals surface area contributed by atoms with Crippen molar-refractivity contribution in [2.45, 2.75) is 360 Å². The Morgan fingerprint density at radius 3 is 0.921 bits per heavy atom. The van der Waals surface area contributed by atoms with Crippen LogP contribution in [0.5, 0.6) is 0 Å². The van der Waals surface area contributed by atoms with Gasteiger partial charge in [0.05, 0.1) is 18.8 Å². The molecule has 0 heterocycles. The third kappa shape index (κ3) is 62.4. The lowest BCUT2D eigenvalue weighted by molar-refractivity contribution is -0.123. The van der Waals surface area contributed by atoms with Crippen LogP contribution in [-0.2, 0) is 4.79 Å². The maximum atomic E-state index is 12.5. The molecule has 0 saturated heterocycles. The Morgan fingerprint density at radius 1 is 0.329 bits per heavy atom. The summed E-state index contributed by atoms with van der Waals surface area (Å²) >= 11 is 0. The van der Waals surface area contributed by atoms with Gasteiger partial charge in [0.15, 0.2) is 0 Å². The van der Waals surface area contributed by atoms with Crippen molar-refractivity contribution in [1.29, 1.82) is 0 Å². The average molecular weight is 1060 g/mol. The Bertz CT molecular complexity index is 1340. The number of aliphatic hydroxyl groups excluding tert-OH is 2.